The van der Waals surface area contributed by atoms with Gasteiger partial charge in [-0.15, -0.1) is 11.3 Å². The Kier molecular flexibility index (Phi) is 6.70. The van der Waals surface area contributed by atoms with Crippen LogP contribution in [0.5, 0.6) is 0 Å². The molecule has 0 amide bonds. The number of rotatable bonds is 4. The van der Waals surface area contributed by atoms with Crippen LogP contribution in [0.25, 0.3) is 65.2 Å². The first-order chi connectivity index (χ1) is 22.1. The van der Waals surface area contributed by atoms with Gasteiger partial charge in [-0.05, 0) is 24.3 Å². The van der Waals surface area contributed by atoms with Crippen molar-refractivity contribution in [1.82, 2.24) is 19.9 Å². The highest BCUT2D eigenvalue weighted by atomic mass is 32.1. The van der Waals surface area contributed by atoms with E-state index in [-0.39, 0.29) is 22.8 Å². The van der Waals surface area contributed by atoms with E-state index >= 15 is 0 Å². The first-order valence-corrected chi connectivity index (χ1v) is 14.5. The molecule has 0 aliphatic rings. The summed E-state index contributed by atoms with van der Waals surface area (Å²) in [5, 5.41) is 40.7. The Labute approximate surface area is 261 Å². The van der Waals surface area contributed by atoms with Gasteiger partial charge in [0.05, 0.1) is 22.8 Å². The Balaban J connectivity index is 1.45. The smallest absolute Gasteiger partial charge is 0.177 e. The van der Waals surface area contributed by atoms with Gasteiger partial charge in [0, 0.05) is 42.4 Å². The number of hydrogen-bond donors (Lipinski definition) is 0. The summed E-state index contributed by atoms with van der Waals surface area (Å²) in [6, 6.07) is 38.9. The Morgan fingerprint density at radius 3 is 1.07 bits per heavy atom. The van der Waals surface area contributed by atoms with Crippen LogP contribution < -0.4 is 0 Å². The van der Waals surface area contributed by atoms with Crippen LogP contribution in [0.3, 0.4) is 0 Å². The van der Waals surface area contributed by atoms with Crippen molar-refractivity contribution >= 4 is 31.5 Å². The Morgan fingerprint density at radius 1 is 0.400 bits per heavy atom. The number of nitriles is 4. The van der Waals surface area contributed by atoms with Gasteiger partial charge in [-0.1, -0.05) is 72.8 Å². The summed E-state index contributed by atoms with van der Waals surface area (Å²) in [4.78, 5) is 18.3. The minimum absolute atomic E-state index is 0.0266. The second kappa shape index (κ2) is 11.1. The van der Waals surface area contributed by atoms with Gasteiger partial charge < -0.3 is 0 Å². The molecule has 0 atom stereocenters. The first kappa shape index (κ1) is 27.1. The zero-order valence-electron chi connectivity index (χ0n) is 23.2. The minimum atomic E-state index is -0.0362. The molecule has 4 aromatic carbocycles. The fraction of sp³-hybridized carbons (Fsp3) is 0. The number of benzene rings is 4. The van der Waals surface area contributed by atoms with Crippen molar-refractivity contribution in [2.24, 2.45) is 0 Å². The standard InChI is InChI=1S/C36H16N8S/c37-17-27-29(19-39)43-35(33(41-27)21-7-3-1-4-8-21)23-11-13-31-25(15-23)26-16-24(12-14-32(26)45-31)36-34(22-9-5-2-6-10-22)42-28(18-38)30(20-40)44-36/h1-16H. The monoisotopic (exact) mass is 592 g/mol. The van der Waals surface area contributed by atoms with Crippen molar-refractivity contribution < 1.29 is 0 Å². The quantitative estimate of drug-likeness (QED) is 0.201. The average Bonchev–Trinajstić information content (AvgIpc) is 3.48. The highest BCUT2D eigenvalue weighted by molar-refractivity contribution is 7.25. The largest absolute Gasteiger partial charge is 0.232 e. The van der Waals surface area contributed by atoms with E-state index in [0.717, 1.165) is 42.4 Å². The van der Waals surface area contributed by atoms with Crippen LogP contribution in [0, 0.1) is 45.3 Å². The van der Waals surface area contributed by atoms with Crippen molar-refractivity contribution in [1.29, 1.82) is 21.0 Å². The molecule has 9 heteroatoms. The van der Waals surface area contributed by atoms with Crippen LogP contribution in [0.2, 0.25) is 0 Å². The summed E-state index contributed by atoms with van der Waals surface area (Å²) in [5.74, 6) is 0. The molecular formula is C36H16N8S. The molecule has 0 aliphatic carbocycles. The van der Waals surface area contributed by atoms with Crippen LogP contribution >= 0.6 is 11.3 Å². The predicted octanol–water partition coefficient (Wildman–Crippen LogP) is 7.79. The molecule has 7 aromatic rings. The molecule has 0 aliphatic heterocycles. The maximum atomic E-state index is 9.73. The van der Waals surface area contributed by atoms with Gasteiger partial charge in [-0.3, -0.25) is 0 Å². The molecule has 206 valence electrons. The van der Waals surface area contributed by atoms with Crippen molar-refractivity contribution in [3.05, 3.63) is 120 Å². The predicted molar refractivity (Wildman–Crippen MR) is 171 cm³/mol. The third-order valence-electron chi connectivity index (χ3n) is 7.33. The topological polar surface area (TPSA) is 147 Å². The molecule has 3 aromatic heterocycles. The molecule has 0 saturated carbocycles. The summed E-state index contributed by atoms with van der Waals surface area (Å²) < 4.78 is 2.09. The molecule has 0 radical (unpaired) electrons. The summed E-state index contributed by atoms with van der Waals surface area (Å²) in [5.41, 5.74) is 4.93. The maximum Gasteiger partial charge on any atom is 0.177 e. The molecule has 0 spiro atoms. The molecule has 8 nitrogen and oxygen atoms in total. The van der Waals surface area contributed by atoms with Gasteiger partial charge in [0.15, 0.2) is 22.8 Å². The fourth-order valence-corrected chi connectivity index (χ4v) is 6.32. The second-order valence-corrected chi connectivity index (χ2v) is 11.0. The molecule has 0 fully saturated rings. The summed E-state index contributed by atoms with van der Waals surface area (Å²) in [7, 11) is 0. The normalized spacial score (nSPS) is 10.6. The Hall–Kier alpha value is -6.78. The number of nitrogens with zero attached hydrogens (tertiary/aromatic N) is 8. The van der Waals surface area contributed by atoms with Crippen molar-refractivity contribution in [2.45, 2.75) is 0 Å². The molecule has 45 heavy (non-hydrogen) atoms. The number of aromatic nitrogens is 4. The van der Waals surface area contributed by atoms with E-state index in [1.54, 1.807) is 11.3 Å². The van der Waals surface area contributed by atoms with Crippen molar-refractivity contribution in [3.8, 4) is 69.3 Å². The highest BCUT2D eigenvalue weighted by Crippen LogP contribution is 2.40. The zero-order chi connectivity index (χ0) is 30.9. The van der Waals surface area contributed by atoms with Crippen LogP contribution in [0.4, 0.5) is 0 Å². The molecule has 3 heterocycles. The van der Waals surface area contributed by atoms with Gasteiger partial charge in [-0.25, -0.2) is 19.9 Å². The fourth-order valence-electron chi connectivity index (χ4n) is 5.25. The Morgan fingerprint density at radius 2 is 0.733 bits per heavy atom. The van der Waals surface area contributed by atoms with Gasteiger partial charge in [0.25, 0.3) is 0 Å². The zero-order valence-corrected chi connectivity index (χ0v) is 24.0. The van der Waals surface area contributed by atoms with E-state index in [1.807, 2.05) is 121 Å². The van der Waals surface area contributed by atoms with E-state index < -0.39 is 0 Å². The lowest BCUT2D eigenvalue weighted by molar-refractivity contribution is 1.14. The highest BCUT2D eigenvalue weighted by Gasteiger charge is 2.20. The number of fused-ring (bicyclic) bond motifs is 3. The van der Waals surface area contributed by atoms with Gasteiger partial charge in [0.1, 0.15) is 24.3 Å². The van der Waals surface area contributed by atoms with Gasteiger partial charge >= 0.3 is 0 Å². The molecular weight excluding hydrogens is 577 g/mol. The maximum absolute atomic E-state index is 9.73. The molecule has 7 rings (SSSR count). The average molecular weight is 593 g/mol. The van der Waals surface area contributed by atoms with E-state index in [9.17, 15) is 21.0 Å². The van der Waals surface area contributed by atoms with Crippen LogP contribution in [-0.2, 0) is 0 Å². The first-order valence-electron chi connectivity index (χ1n) is 13.6. The molecule has 0 unspecified atom stereocenters. The lowest BCUT2D eigenvalue weighted by Gasteiger charge is -2.11. The number of thiophene rings is 1. The van der Waals surface area contributed by atoms with E-state index in [4.69, 9.17) is 0 Å². The third-order valence-corrected chi connectivity index (χ3v) is 8.48. The third kappa shape index (κ3) is 4.69. The summed E-state index contributed by atoms with van der Waals surface area (Å²) in [6.07, 6.45) is 0. The van der Waals surface area contributed by atoms with Gasteiger partial charge in [-0.2, -0.15) is 21.0 Å². The van der Waals surface area contributed by atoms with Crippen molar-refractivity contribution in [3.63, 3.8) is 0 Å². The second-order valence-electron chi connectivity index (χ2n) is 9.94. The SMILES string of the molecule is N#Cc1nc(-c2ccccc2)c(-c2ccc3sc4ccc(-c5nc(C#N)c(C#N)nc5-c5ccccc5)cc4c3c2)nc1C#N. The Bertz CT molecular complexity index is 2300. The molecule has 0 saturated heterocycles. The summed E-state index contributed by atoms with van der Waals surface area (Å²) >= 11 is 1.64. The van der Waals surface area contributed by atoms with E-state index in [1.165, 1.54) is 0 Å². The molecule has 0 bridgehead atoms. The minimum Gasteiger partial charge on any atom is -0.232 e. The van der Waals surface area contributed by atoms with Crippen LogP contribution in [0.1, 0.15) is 22.8 Å². The van der Waals surface area contributed by atoms with Gasteiger partial charge in [0.2, 0.25) is 0 Å². The number of hydrogen-bond acceptors (Lipinski definition) is 9. The summed E-state index contributed by atoms with van der Waals surface area (Å²) in [6.45, 7) is 0. The van der Waals surface area contributed by atoms with Crippen LogP contribution in [0.15, 0.2) is 97.1 Å². The molecule has 0 N–H and O–H groups in total. The lowest BCUT2D eigenvalue weighted by atomic mass is 9.99. The van der Waals surface area contributed by atoms with Crippen LogP contribution in [-0.4, -0.2) is 19.9 Å². The lowest BCUT2D eigenvalue weighted by Crippen LogP contribution is -2.01. The van der Waals surface area contributed by atoms with E-state index in [2.05, 4.69) is 19.9 Å². The van der Waals surface area contributed by atoms with E-state index in [0.29, 0.717) is 22.8 Å². The van der Waals surface area contributed by atoms with Crippen molar-refractivity contribution in [2.75, 3.05) is 0 Å².